The van der Waals surface area contributed by atoms with E-state index in [0.29, 0.717) is 0 Å². The van der Waals surface area contributed by atoms with E-state index < -0.39 is 17.8 Å². The van der Waals surface area contributed by atoms with Crippen molar-refractivity contribution in [1.82, 2.24) is 5.32 Å². The van der Waals surface area contributed by atoms with E-state index in [1.54, 1.807) is 0 Å². The van der Waals surface area contributed by atoms with Crippen LogP contribution in [0.1, 0.15) is 28.2 Å². The second-order valence-electron chi connectivity index (χ2n) is 7.28. The van der Waals surface area contributed by atoms with Crippen molar-refractivity contribution < 1.29 is 22.7 Å². The summed E-state index contributed by atoms with van der Waals surface area (Å²) in [6.07, 6.45) is -5.09. The number of anilines is 1. The van der Waals surface area contributed by atoms with Gasteiger partial charge in [0, 0.05) is 17.2 Å². The molecule has 0 saturated carbocycles. The molecule has 0 unspecified atom stereocenters. The van der Waals surface area contributed by atoms with Gasteiger partial charge >= 0.3 is 12.3 Å². The fourth-order valence-electron chi connectivity index (χ4n) is 3.76. The smallest absolute Gasteiger partial charge is 0.416 e. The van der Waals surface area contributed by atoms with Gasteiger partial charge < -0.3 is 15.8 Å². The maximum Gasteiger partial charge on any atom is 0.416 e. The fraction of sp³-hybridized carbons (Fsp3) is 0.160. The molecule has 0 saturated heterocycles. The Morgan fingerprint density at radius 1 is 1.00 bits per heavy atom. The molecule has 3 aromatic carbocycles. The number of amides is 1. The Hall–Kier alpha value is -3.92. The summed E-state index contributed by atoms with van der Waals surface area (Å²) in [4.78, 5) is 12.1. The molecule has 1 amide bonds. The average molecular weight is 436 g/mol. The van der Waals surface area contributed by atoms with Crippen LogP contribution in [0.2, 0.25) is 0 Å². The van der Waals surface area contributed by atoms with Gasteiger partial charge in [0.25, 0.3) is 0 Å². The first-order chi connectivity index (χ1) is 15.3. The van der Waals surface area contributed by atoms with Crippen LogP contribution in [0.25, 0.3) is 11.1 Å². The van der Waals surface area contributed by atoms with Crippen LogP contribution in [-0.2, 0) is 10.9 Å². The minimum atomic E-state index is -4.47. The number of nitrogen functional groups attached to an aromatic ring is 1. The van der Waals surface area contributed by atoms with Crippen LogP contribution in [0, 0.1) is 11.8 Å². The minimum Gasteiger partial charge on any atom is -0.449 e. The molecule has 0 heterocycles. The van der Waals surface area contributed by atoms with Gasteiger partial charge in [0.2, 0.25) is 0 Å². The SMILES string of the molecule is Nc1cc(C(F)(F)F)ccc1C#CCNC(=O)OCC1c2ccccc2-c2ccccc21. The predicted octanol–water partition coefficient (Wildman–Crippen LogP) is 5.18. The van der Waals surface area contributed by atoms with Crippen molar-refractivity contribution in [2.75, 3.05) is 18.9 Å². The maximum absolute atomic E-state index is 12.7. The van der Waals surface area contributed by atoms with E-state index in [1.807, 2.05) is 36.4 Å². The van der Waals surface area contributed by atoms with Crippen LogP contribution in [0.4, 0.5) is 23.7 Å². The molecular formula is C25H19F3N2O2. The summed E-state index contributed by atoms with van der Waals surface area (Å²) in [7, 11) is 0. The summed E-state index contributed by atoms with van der Waals surface area (Å²) in [6.45, 7) is 0.149. The molecule has 0 aliphatic heterocycles. The molecule has 0 atom stereocenters. The number of nitrogens with one attached hydrogen (secondary N) is 1. The first-order valence-corrected chi connectivity index (χ1v) is 9.89. The first kappa shape index (κ1) is 21.3. The lowest BCUT2D eigenvalue weighted by Gasteiger charge is -2.14. The van der Waals surface area contributed by atoms with E-state index in [4.69, 9.17) is 10.5 Å². The average Bonchev–Trinajstić information content (AvgIpc) is 3.09. The van der Waals surface area contributed by atoms with E-state index in [-0.39, 0.29) is 30.3 Å². The van der Waals surface area contributed by atoms with Gasteiger partial charge in [-0.25, -0.2) is 4.79 Å². The monoisotopic (exact) mass is 436 g/mol. The number of ether oxygens (including phenoxy) is 1. The Balaban J connectivity index is 1.34. The van der Waals surface area contributed by atoms with Gasteiger partial charge in [-0.2, -0.15) is 13.2 Å². The quantitative estimate of drug-likeness (QED) is 0.439. The maximum atomic E-state index is 12.7. The second kappa shape index (κ2) is 8.67. The van der Waals surface area contributed by atoms with Gasteiger partial charge in [0.15, 0.2) is 0 Å². The number of carbonyl (C=O) groups excluding carboxylic acids is 1. The molecule has 32 heavy (non-hydrogen) atoms. The van der Waals surface area contributed by atoms with Crippen molar-refractivity contribution in [3.63, 3.8) is 0 Å². The number of fused-ring (bicyclic) bond motifs is 3. The van der Waals surface area contributed by atoms with Gasteiger partial charge in [-0.05, 0) is 40.5 Å². The van der Waals surface area contributed by atoms with Crippen LogP contribution in [-0.4, -0.2) is 19.2 Å². The van der Waals surface area contributed by atoms with Gasteiger partial charge in [-0.15, -0.1) is 0 Å². The van der Waals surface area contributed by atoms with Crippen molar-refractivity contribution in [3.8, 4) is 23.0 Å². The molecule has 3 aromatic rings. The van der Waals surface area contributed by atoms with Crippen molar-refractivity contribution >= 4 is 11.8 Å². The van der Waals surface area contributed by atoms with Gasteiger partial charge in [-0.3, -0.25) is 0 Å². The highest BCUT2D eigenvalue weighted by Crippen LogP contribution is 2.44. The molecule has 7 heteroatoms. The minimum absolute atomic E-state index is 0.0306. The zero-order valence-electron chi connectivity index (χ0n) is 16.9. The summed E-state index contributed by atoms with van der Waals surface area (Å²) in [6, 6.07) is 19.0. The lowest BCUT2D eigenvalue weighted by molar-refractivity contribution is -0.137. The molecule has 0 bridgehead atoms. The highest BCUT2D eigenvalue weighted by Gasteiger charge is 2.31. The largest absolute Gasteiger partial charge is 0.449 e. The second-order valence-corrected chi connectivity index (χ2v) is 7.28. The molecule has 4 rings (SSSR count). The zero-order chi connectivity index (χ0) is 22.7. The Morgan fingerprint density at radius 2 is 1.62 bits per heavy atom. The summed E-state index contributed by atoms with van der Waals surface area (Å²) in [5.41, 5.74) is 9.48. The molecule has 1 aliphatic carbocycles. The molecule has 4 nitrogen and oxygen atoms in total. The van der Waals surface area contributed by atoms with Crippen molar-refractivity contribution in [2.45, 2.75) is 12.1 Å². The van der Waals surface area contributed by atoms with E-state index in [2.05, 4.69) is 29.3 Å². The topological polar surface area (TPSA) is 64.3 Å². The summed E-state index contributed by atoms with van der Waals surface area (Å²) < 4.78 is 43.5. The van der Waals surface area contributed by atoms with Crippen LogP contribution < -0.4 is 11.1 Å². The standard InChI is InChI=1S/C25H19F3N2O2/c26-25(27,28)17-12-11-16(23(29)14-17)6-5-13-30-24(31)32-15-22-20-9-3-1-7-18(20)19-8-2-4-10-21(19)22/h1-4,7-12,14,22H,13,15,29H2,(H,30,31). The lowest BCUT2D eigenvalue weighted by atomic mass is 9.98. The van der Waals surface area contributed by atoms with Crippen LogP contribution in [0.5, 0.6) is 0 Å². The number of benzene rings is 3. The van der Waals surface area contributed by atoms with Gasteiger partial charge in [0.05, 0.1) is 12.1 Å². The number of alkyl carbamates (subject to hydrolysis) is 1. The van der Waals surface area contributed by atoms with E-state index in [9.17, 15) is 18.0 Å². The van der Waals surface area contributed by atoms with Crippen molar-refractivity contribution in [1.29, 1.82) is 0 Å². The zero-order valence-corrected chi connectivity index (χ0v) is 16.9. The fourth-order valence-corrected chi connectivity index (χ4v) is 3.76. The van der Waals surface area contributed by atoms with Gasteiger partial charge in [0.1, 0.15) is 6.61 Å². The third-order valence-electron chi connectivity index (χ3n) is 5.27. The molecular weight excluding hydrogens is 417 g/mol. The molecule has 3 N–H and O–H groups in total. The first-order valence-electron chi connectivity index (χ1n) is 9.89. The van der Waals surface area contributed by atoms with Crippen LogP contribution >= 0.6 is 0 Å². The Morgan fingerprint density at radius 3 is 2.22 bits per heavy atom. The number of nitrogens with two attached hydrogens (primary N) is 1. The molecule has 0 radical (unpaired) electrons. The predicted molar refractivity (Wildman–Crippen MR) is 116 cm³/mol. The van der Waals surface area contributed by atoms with Crippen LogP contribution in [0.15, 0.2) is 66.7 Å². The van der Waals surface area contributed by atoms with E-state index >= 15 is 0 Å². The molecule has 0 spiro atoms. The highest BCUT2D eigenvalue weighted by atomic mass is 19.4. The van der Waals surface area contributed by atoms with Gasteiger partial charge in [-0.1, -0.05) is 60.4 Å². The highest BCUT2D eigenvalue weighted by molar-refractivity contribution is 5.79. The van der Waals surface area contributed by atoms with E-state index in [0.717, 1.165) is 34.4 Å². The van der Waals surface area contributed by atoms with Crippen molar-refractivity contribution in [2.24, 2.45) is 0 Å². The number of halogens is 3. The summed E-state index contributed by atoms with van der Waals surface area (Å²) >= 11 is 0. The number of rotatable bonds is 3. The molecule has 1 aliphatic rings. The number of hydrogen-bond donors (Lipinski definition) is 2. The number of hydrogen-bond acceptors (Lipinski definition) is 3. The third-order valence-corrected chi connectivity index (χ3v) is 5.27. The number of carbonyl (C=O) groups is 1. The number of alkyl halides is 3. The molecule has 0 aromatic heterocycles. The normalized spacial score (nSPS) is 12.3. The van der Waals surface area contributed by atoms with Crippen LogP contribution in [0.3, 0.4) is 0 Å². The molecule has 0 fully saturated rings. The Bertz CT molecular complexity index is 1180. The Kier molecular flexibility index (Phi) is 5.78. The van der Waals surface area contributed by atoms with Crippen molar-refractivity contribution in [3.05, 3.63) is 89.0 Å². The lowest BCUT2D eigenvalue weighted by Crippen LogP contribution is -2.26. The summed E-state index contributed by atoms with van der Waals surface area (Å²) in [5.74, 6) is 5.28. The molecule has 162 valence electrons. The third kappa shape index (κ3) is 4.40. The summed E-state index contributed by atoms with van der Waals surface area (Å²) in [5, 5.41) is 2.52. The van der Waals surface area contributed by atoms with E-state index in [1.165, 1.54) is 6.07 Å². The Labute approximate surface area is 183 Å².